The standard InChI is InChI=1S/C5H10O2.C3H7N/c1-5(2,3)7-4-6;1-3-2-4-3/h4H,1-3H3;3-4H,2H2,1H3. The first kappa shape index (κ1) is 10.4. The average Bonchev–Trinajstić information content (AvgIpc) is 2.48. The molecule has 1 heterocycles. The number of nitrogens with one attached hydrogen (secondary N) is 1. The first-order valence-electron chi connectivity index (χ1n) is 3.80. The molecule has 0 aliphatic carbocycles. The molecule has 0 amide bonds. The Hall–Kier alpha value is -0.570. The van der Waals surface area contributed by atoms with Gasteiger partial charge in [-0.05, 0) is 27.7 Å². The van der Waals surface area contributed by atoms with Crippen LogP contribution in [0.4, 0.5) is 0 Å². The molecule has 1 rings (SSSR count). The number of ether oxygens (including phenoxy) is 1. The lowest BCUT2D eigenvalue weighted by Crippen LogP contribution is -2.17. The van der Waals surface area contributed by atoms with E-state index in [0.29, 0.717) is 6.47 Å². The van der Waals surface area contributed by atoms with Crippen LogP contribution in [0.15, 0.2) is 0 Å². The fourth-order valence-electron chi connectivity index (χ4n) is 0.262. The van der Waals surface area contributed by atoms with E-state index < -0.39 is 0 Å². The summed E-state index contributed by atoms with van der Waals surface area (Å²) in [6, 6.07) is 0.833. The maximum atomic E-state index is 9.60. The van der Waals surface area contributed by atoms with Gasteiger partial charge in [0.1, 0.15) is 5.60 Å². The van der Waals surface area contributed by atoms with Crippen molar-refractivity contribution in [2.45, 2.75) is 39.3 Å². The van der Waals surface area contributed by atoms with Gasteiger partial charge in [0.25, 0.3) is 6.47 Å². The van der Waals surface area contributed by atoms with Crippen LogP contribution in [0.25, 0.3) is 0 Å². The highest BCUT2D eigenvalue weighted by molar-refractivity contribution is 5.37. The van der Waals surface area contributed by atoms with Crippen molar-refractivity contribution >= 4 is 6.47 Å². The predicted octanol–water partition coefficient (Wildman–Crippen LogP) is 0.936. The summed E-state index contributed by atoms with van der Waals surface area (Å²) in [6.45, 7) is 9.32. The van der Waals surface area contributed by atoms with Gasteiger partial charge < -0.3 is 10.1 Å². The maximum Gasteiger partial charge on any atom is 0.293 e. The number of hydrogen-bond donors (Lipinski definition) is 1. The lowest BCUT2D eigenvalue weighted by Gasteiger charge is -2.14. The largest absolute Gasteiger partial charge is 0.462 e. The second-order valence-electron chi connectivity index (χ2n) is 3.64. The van der Waals surface area contributed by atoms with Gasteiger partial charge in [-0.2, -0.15) is 0 Å². The summed E-state index contributed by atoms with van der Waals surface area (Å²) in [7, 11) is 0. The highest BCUT2D eigenvalue weighted by Gasteiger charge is 2.10. The van der Waals surface area contributed by atoms with Gasteiger partial charge >= 0.3 is 0 Å². The van der Waals surface area contributed by atoms with E-state index in [9.17, 15) is 4.79 Å². The van der Waals surface area contributed by atoms with E-state index in [-0.39, 0.29) is 5.60 Å². The van der Waals surface area contributed by atoms with Crippen molar-refractivity contribution in [1.82, 2.24) is 5.32 Å². The molecular formula is C8H17NO2. The monoisotopic (exact) mass is 159 g/mol. The summed E-state index contributed by atoms with van der Waals surface area (Å²) in [5.41, 5.74) is -0.318. The van der Waals surface area contributed by atoms with Crippen LogP contribution in [0.1, 0.15) is 27.7 Å². The van der Waals surface area contributed by atoms with Crippen molar-refractivity contribution in [3.63, 3.8) is 0 Å². The maximum absolute atomic E-state index is 9.60. The van der Waals surface area contributed by atoms with Crippen LogP contribution in [-0.4, -0.2) is 24.7 Å². The Bertz CT molecular complexity index is 114. The molecule has 0 spiro atoms. The molecule has 66 valence electrons. The van der Waals surface area contributed by atoms with E-state index in [2.05, 4.69) is 17.0 Å². The van der Waals surface area contributed by atoms with Crippen LogP contribution < -0.4 is 5.32 Å². The summed E-state index contributed by atoms with van der Waals surface area (Å²) >= 11 is 0. The van der Waals surface area contributed by atoms with Gasteiger partial charge in [0.2, 0.25) is 0 Å². The van der Waals surface area contributed by atoms with Gasteiger partial charge in [0.15, 0.2) is 0 Å². The van der Waals surface area contributed by atoms with Crippen LogP contribution in [0.3, 0.4) is 0 Å². The highest BCUT2D eigenvalue weighted by Crippen LogP contribution is 2.02. The van der Waals surface area contributed by atoms with Crippen molar-refractivity contribution in [2.24, 2.45) is 0 Å². The zero-order valence-electron chi connectivity index (χ0n) is 7.68. The number of carbonyl (C=O) groups is 1. The average molecular weight is 159 g/mol. The first-order valence-corrected chi connectivity index (χ1v) is 3.80. The molecular weight excluding hydrogens is 142 g/mol. The van der Waals surface area contributed by atoms with Crippen LogP contribution in [-0.2, 0) is 9.53 Å². The van der Waals surface area contributed by atoms with Crippen molar-refractivity contribution in [3.8, 4) is 0 Å². The molecule has 3 nitrogen and oxygen atoms in total. The fraction of sp³-hybridized carbons (Fsp3) is 0.875. The van der Waals surface area contributed by atoms with E-state index in [1.165, 1.54) is 6.54 Å². The minimum Gasteiger partial charge on any atom is -0.462 e. The normalized spacial score (nSPS) is 21.3. The van der Waals surface area contributed by atoms with E-state index in [1.807, 2.05) is 20.8 Å². The van der Waals surface area contributed by atoms with Crippen LogP contribution in [0.2, 0.25) is 0 Å². The minimum atomic E-state index is -0.318. The molecule has 0 radical (unpaired) electrons. The molecule has 1 aliphatic rings. The molecule has 0 aromatic heterocycles. The quantitative estimate of drug-likeness (QED) is 0.457. The molecule has 1 saturated heterocycles. The minimum absolute atomic E-state index is 0.318. The topological polar surface area (TPSA) is 48.2 Å². The summed E-state index contributed by atoms with van der Waals surface area (Å²) in [5.74, 6) is 0. The molecule has 11 heavy (non-hydrogen) atoms. The smallest absolute Gasteiger partial charge is 0.293 e. The zero-order chi connectivity index (χ0) is 8.91. The van der Waals surface area contributed by atoms with Gasteiger partial charge in [-0.25, -0.2) is 0 Å². The third-order valence-corrected chi connectivity index (χ3v) is 1.01. The Balaban J connectivity index is 0.000000207. The number of rotatable bonds is 1. The number of hydrogen-bond acceptors (Lipinski definition) is 3. The van der Waals surface area contributed by atoms with Gasteiger partial charge in [-0.15, -0.1) is 0 Å². The van der Waals surface area contributed by atoms with E-state index in [0.717, 1.165) is 6.04 Å². The molecule has 1 aliphatic heterocycles. The lowest BCUT2D eigenvalue weighted by molar-refractivity contribution is -0.138. The summed E-state index contributed by atoms with van der Waals surface area (Å²) in [6.07, 6.45) is 0. The highest BCUT2D eigenvalue weighted by atomic mass is 16.5. The van der Waals surface area contributed by atoms with Gasteiger partial charge in [-0.1, -0.05) is 0 Å². The molecule has 0 bridgehead atoms. The summed E-state index contributed by atoms with van der Waals surface area (Å²) in [4.78, 5) is 9.60. The second-order valence-corrected chi connectivity index (χ2v) is 3.64. The zero-order valence-corrected chi connectivity index (χ0v) is 7.68. The Morgan fingerprint density at radius 3 is 1.91 bits per heavy atom. The molecule has 0 saturated carbocycles. The Morgan fingerprint density at radius 1 is 1.55 bits per heavy atom. The molecule has 3 heteroatoms. The number of carbonyl (C=O) groups excluding carboxylic acids is 1. The van der Waals surface area contributed by atoms with Crippen LogP contribution >= 0.6 is 0 Å². The lowest BCUT2D eigenvalue weighted by atomic mass is 10.2. The molecule has 1 N–H and O–H groups in total. The molecule has 1 unspecified atom stereocenters. The van der Waals surface area contributed by atoms with E-state index in [1.54, 1.807) is 0 Å². The van der Waals surface area contributed by atoms with Crippen molar-refractivity contribution in [1.29, 1.82) is 0 Å². The van der Waals surface area contributed by atoms with Crippen molar-refractivity contribution < 1.29 is 9.53 Å². The SMILES string of the molecule is CC(C)(C)OC=O.CC1CN1. The Labute approximate surface area is 68.1 Å². The molecule has 0 aromatic carbocycles. The molecule has 0 aromatic rings. The van der Waals surface area contributed by atoms with Gasteiger partial charge in [-0.3, -0.25) is 4.79 Å². The molecule has 1 fully saturated rings. The fourth-order valence-corrected chi connectivity index (χ4v) is 0.262. The van der Waals surface area contributed by atoms with Crippen molar-refractivity contribution in [3.05, 3.63) is 0 Å². The Kier molecular flexibility index (Phi) is 4.11. The predicted molar refractivity (Wildman–Crippen MR) is 44.4 cm³/mol. The Morgan fingerprint density at radius 2 is 1.91 bits per heavy atom. The molecule has 1 atom stereocenters. The van der Waals surface area contributed by atoms with Gasteiger partial charge in [0.05, 0.1) is 0 Å². The van der Waals surface area contributed by atoms with E-state index >= 15 is 0 Å². The second kappa shape index (κ2) is 4.34. The van der Waals surface area contributed by atoms with Gasteiger partial charge in [0, 0.05) is 12.6 Å². The third kappa shape index (κ3) is 12.6. The first-order chi connectivity index (χ1) is 4.95. The van der Waals surface area contributed by atoms with E-state index in [4.69, 9.17) is 0 Å². The van der Waals surface area contributed by atoms with Crippen LogP contribution in [0.5, 0.6) is 0 Å². The third-order valence-electron chi connectivity index (χ3n) is 1.01. The van der Waals surface area contributed by atoms with Crippen LogP contribution in [0, 0.1) is 0 Å². The van der Waals surface area contributed by atoms with Crippen molar-refractivity contribution in [2.75, 3.05) is 6.54 Å². The summed E-state index contributed by atoms with van der Waals surface area (Å²) < 4.78 is 4.55. The summed E-state index contributed by atoms with van der Waals surface area (Å²) in [5, 5.41) is 3.10.